The summed E-state index contributed by atoms with van der Waals surface area (Å²) in [6, 6.07) is 1.03. The average molecular weight is 280 g/mol. The van der Waals surface area contributed by atoms with E-state index >= 15 is 0 Å². The predicted molar refractivity (Wildman–Crippen MR) is 78.5 cm³/mol. The molecule has 3 fully saturated rings. The number of carbonyl (C=O) groups is 1. The number of hydrogen-bond acceptors (Lipinski definition) is 3. The lowest BCUT2D eigenvalue weighted by molar-refractivity contribution is -0.171. The van der Waals surface area contributed by atoms with Crippen LogP contribution in [0.4, 0.5) is 0 Å². The lowest BCUT2D eigenvalue weighted by Crippen LogP contribution is -2.66. The molecule has 0 aromatic heterocycles. The Morgan fingerprint density at radius 3 is 2.70 bits per heavy atom. The predicted octanol–water partition coefficient (Wildman–Crippen LogP) is 1.93. The van der Waals surface area contributed by atoms with Crippen molar-refractivity contribution in [2.75, 3.05) is 13.2 Å². The summed E-state index contributed by atoms with van der Waals surface area (Å²) in [5.41, 5.74) is 0.0904. The van der Waals surface area contributed by atoms with Gasteiger partial charge in [0.25, 0.3) is 0 Å². The van der Waals surface area contributed by atoms with E-state index in [0.717, 1.165) is 32.4 Å². The third-order valence-electron chi connectivity index (χ3n) is 5.36. The summed E-state index contributed by atoms with van der Waals surface area (Å²) in [7, 11) is 0. The van der Waals surface area contributed by atoms with Crippen LogP contribution in [-0.2, 0) is 9.53 Å². The van der Waals surface area contributed by atoms with Crippen LogP contribution in [0.2, 0.25) is 0 Å². The molecule has 3 unspecified atom stereocenters. The van der Waals surface area contributed by atoms with Crippen molar-refractivity contribution in [3.63, 3.8) is 0 Å². The molecule has 114 valence electrons. The summed E-state index contributed by atoms with van der Waals surface area (Å²) in [4.78, 5) is 14.8. The van der Waals surface area contributed by atoms with Gasteiger partial charge in [-0.05, 0) is 39.0 Å². The molecule has 3 aliphatic rings. The van der Waals surface area contributed by atoms with Gasteiger partial charge in [-0.3, -0.25) is 4.79 Å². The molecule has 1 aliphatic heterocycles. The zero-order valence-corrected chi connectivity index (χ0v) is 13.0. The first-order valence-corrected chi connectivity index (χ1v) is 8.22. The molecule has 0 radical (unpaired) electrons. The van der Waals surface area contributed by atoms with Gasteiger partial charge >= 0.3 is 0 Å². The van der Waals surface area contributed by atoms with E-state index in [4.69, 9.17) is 4.74 Å². The average Bonchev–Trinajstić information content (AvgIpc) is 3.21. The van der Waals surface area contributed by atoms with Gasteiger partial charge in [0, 0.05) is 30.7 Å². The summed E-state index contributed by atoms with van der Waals surface area (Å²) in [5.74, 6) is 0.330. The van der Waals surface area contributed by atoms with Gasteiger partial charge in [0.1, 0.15) is 0 Å². The number of likely N-dealkylation sites (tertiary alicyclic amines) is 1. The van der Waals surface area contributed by atoms with Gasteiger partial charge in [0.15, 0.2) is 0 Å². The fourth-order valence-electron chi connectivity index (χ4n) is 3.78. The smallest absolute Gasteiger partial charge is 0.239 e. The summed E-state index contributed by atoms with van der Waals surface area (Å²) >= 11 is 0. The van der Waals surface area contributed by atoms with E-state index in [0.29, 0.717) is 24.1 Å². The van der Waals surface area contributed by atoms with Gasteiger partial charge in [-0.25, -0.2) is 0 Å². The highest BCUT2D eigenvalue weighted by atomic mass is 16.5. The molecule has 20 heavy (non-hydrogen) atoms. The van der Waals surface area contributed by atoms with Crippen molar-refractivity contribution in [2.45, 2.75) is 77.1 Å². The van der Waals surface area contributed by atoms with Crippen LogP contribution in [0.25, 0.3) is 0 Å². The lowest BCUT2D eigenvalue weighted by atomic mass is 9.63. The minimum Gasteiger partial charge on any atom is -0.378 e. The Morgan fingerprint density at radius 1 is 1.35 bits per heavy atom. The third kappa shape index (κ3) is 2.48. The standard InChI is InChI=1S/C16H28N2O2/c1-4-20-14-10-13(16(14,2)3)18-9-5-6-12(15(18)19)17-11-7-8-11/h11-14,17H,4-10H2,1-3H3. The number of rotatable bonds is 5. The quantitative estimate of drug-likeness (QED) is 0.837. The largest absolute Gasteiger partial charge is 0.378 e. The van der Waals surface area contributed by atoms with Crippen LogP contribution in [0.15, 0.2) is 0 Å². The molecule has 3 rings (SSSR count). The first-order chi connectivity index (χ1) is 9.54. The van der Waals surface area contributed by atoms with Crippen LogP contribution in [0.3, 0.4) is 0 Å². The molecule has 1 amide bonds. The Kier molecular flexibility index (Phi) is 3.80. The second-order valence-corrected chi connectivity index (χ2v) is 7.18. The topological polar surface area (TPSA) is 41.6 Å². The molecular weight excluding hydrogens is 252 g/mol. The van der Waals surface area contributed by atoms with Crippen molar-refractivity contribution in [3.05, 3.63) is 0 Å². The molecule has 2 saturated carbocycles. The van der Waals surface area contributed by atoms with Crippen molar-refractivity contribution in [1.29, 1.82) is 0 Å². The maximum absolute atomic E-state index is 12.7. The molecule has 4 heteroatoms. The Balaban J connectivity index is 1.63. The van der Waals surface area contributed by atoms with Gasteiger partial charge in [0.05, 0.1) is 12.1 Å². The van der Waals surface area contributed by atoms with Gasteiger partial charge in [0.2, 0.25) is 5.91 Å². The van der Waals surface area contributed by atoms with Crippen molar-refractivity contribution < 1.29 is 9.53 Å². The molecule has 0 spiro atoms. The Labute approximate surface area is 122 Å². The first kappa shape index (κ1) is 14.3. The molecule has 1 heterocycles. The molecule has 1 N–H and O–H groups in total. The first-order valence-electron chi connectivity index (χ1n) is 8.22. The van der Waals surface area contributed by atoms with E-state index in [9.17, 15) is 4.79 Å². The van der Waals surface area contributed by atoms with Crippen LogP contribution in [0.1, 0.15) is 52.9 Å². The fraction of sp³-hybridized carbons (Fsp3) is 0.938. The zero-order valence-electron chi connectivity index (χ0n) is 13.0. The minimum absolute atomic E-state index is 0.0678. The normalized spacial score (nSPS) is 36.9. The van der Waals surface area contributed by atoms with Gasteiger partial charge < -0.3 is 15.0 Å². The maximum Gasteiger partial charge on any atom is 0.239 e. The van der Waals surface area contributed by atoms with Crippen molar-refractivity contribution in [2.24, 2.45) is 5.41 Å². The number of piperidine rings is 1. The van der Waals surface area contributed by atoms with Crippen LogP contribution in [0, 0.1) is 5.41 Å². The maximum atomic E-state index is 12.7. The zero-order chi connectivity index (χ0) is 14.3. The van der Waals surface area contributed by atoms with Crippen LogP contribution in [-0.4, -0.2) is 48.2 Å². The van der Waals surface area contributed by atoms with E-state index in [1.807, 2.05) is 6.92 Å². The SMILES string of the molecule is CCOC1CC(N2CCCC(NC3CC3)C2=O)C1(C)C. The molecule has 4 nitrogen and oxygen atoms in total. The number of nitrogens with one attached hydrogen (secondary N) is 1. The summed E-state index contributed by atoms with van der Waals surface area (Å²) in [6.07, 6.45) is 5.93. The second kappa shape index (κ2) is 5.30. The number of hydrogen-bond donors (Lipinski definition) is 1. The van der Waals surface area contributed by atoms with Crippen LogP contribution >= 0.6 is 0 Å². The molecule has 3 atom stereocenters. The van der Waals surface area contributed by atoms with E-state index in [1.165, 1.54) is 12.8 Å². The summed E-state index contributed by atoms with van der Waals surface area (Å²) < 4.78 is 5.80. The fourth-order valence-corrected chi connectivity index (χ4v) is 3.78. The van der Waals surface area contributed by atoms with Crippen molar-refractivity contribution in [3.8, 4) is 0 Å². The van der Waals surface area contributed by atoms with E-state index in [1.54, 1.807) is 0 Å². The van der Waals surface area contributed by atoms with Crippen LogP contribution in [0.5, 0.6) is 0 Å². The third-order valence-corrected chi connectivity index (χ3v) is 5.36. The molecule has 2 aliphatic carbocycles. The minimum atomic E-state index is 0.0678. The van der Waals surface area contributed by atoms with Crippen molar-refractivity contribution >= 4 is 5.91 Å². The monoisotopic (exact) mass is 280 g/mol. The lowest BCUT2D eigenvalue weighted by Gasteiger charge is -2.57. The Hall–Kier alpha value is -0.610. The number of ether oxygens (including phenoxy) is 1. The highest BCUT2D eigenvalue weighted by Crippen LogP contribution is 2.46. The number of nitrogens with zero attached hydrogens (tertiary/aromatic N) is 1. The van der Waals surface area contributed by atoms with Gasteiger partial charge in [-0.2, -0.15) is 0 Å². The highest BCUT2D eigenvalue weighted by molar-refractivity contribution is 5.83. The number of amides is 1. The van der Waals surface area contributed by atoms with E-state index < -0.39 is 0 Å². The molecular formula is C16H28N2O2. The second-order valence-electron chi connectivity index (χ2n) is 7.18. The Bertz CT molecular complexity index is 379. The summed E-state index contributed by atoms with van der Waals surface area (Å²) in [5, 5.41) is 3.52. The molecule has 0 aromatic rings. The van der Waals surface area contributed by atoms with E-state index in [2.05, 4.69) is 24.1 Å². The molecule has 1 saturated heterocycles. The number of carbonyl (C=O) groups excluding carboxylic acids is 1. The van der Waals surface area contributed by atoms with E-state index in [-0.39, 0.29) is 11.5 Å². The van der Waals surface area contributed by atoms with Crippen molar-refractivity contribution in [1.82, 2.24) is 10.2 Å². The molecule has 0 aromatic carbocycles. The van der Waals surface area contributed by atoms with Crippen LogP contribution < -0.4 is 5.32 Å². The Morgan fingerprint density at radius 2 is 2.10 bits per heavy atom. The highest BCUT2D eigenvalue weighted by Gasteiger charge is 2.53. The summed E-state index contributed by atoms with van der Waals surface area (Å²) in [6.45, 7) is 8.22. The molecule has 0 bridgehead atoms. The van der Waals surface area contributed by atoms with Gasteiger partial charge in [-0.1, -0.05) is 13.8 Å². The van der Waals surface area contributed by atoms with Gasteiger partial charge in [-0.15, -0.1) is 0 Å².